The standard InChI is InChI=1S/C14H28N2O4S/c1-16(13-9-5-3-6-10-13)21(18,19)15-12-8-4-7-11-14(17)20-2/h13,15H,3-12H2,1-2H3. The lowest BCUT2D eigenvalue weighted by Gasteiger charge is -2.30. The molecule has 0 spiro atoms. The monoisotopic (exact) mass is 320 g/mol. The predicted molar refractivity (Wildman–Crippen MR) is 82.0 cm³/mol. The average Bonchev–Trinajstić information content (AvgIpc) is 2.50. The topological polar surface area (TPSA) is 75.7 Å². The van der Waals surface area contributed by atoms with Gasteiger partial charge in [-0.2, -0.15) is 12.7 Å². The maximum Gasteiger partial charge on any atom is 0.305 e. The Morgan fingerprint density at radius 2 is 1.86 bits per heavy atom. The number of carbonyl (C=O) groups is 1. The number of nitrogens with zero attached hydrogens (tertiary/aromatic N) is 1. The summed E-state index contributed by atoms with van der Waals surface area (Å²) in [7, 11) is -0.342. The predicted octanol–water partition coefficient (Wildman–Crippen LogP) is 1.82. The van der Waals surface area contributed by atoms with Crippen LogP contribution in [0.3, 0.4) is 0 Å². The fourth-order valence-electron chi connectivity index (χ4n) is 2.62. The Bertz CT molecular complexity index is 405. The molecule has 0 aliphatic heterocycles. The van der Waals surface area contributed by atoms with Crippen LogP contribution in [0, 0.1) is 0 Å². The number of carbonyl (C=O) groups excluding carboxylic acids is 1. The van der Waals surface area contributed by atoms with E-state index in [1.165, 1.54) is 17.8 Å². The highest BCUT2D eigenvalue weighted by molar-refractivity contribution is 7.87. The molecule has 1 aliphatic rings. The van der Waals surface area contributed by atoms with Crippen molar-refractivity contribution >= 4 is 16.2 Å². The van der Waals surface area contributed by atoms with Gasteiger partial charge in [0.25, 0.3) is 10.2 Å². The third kappa shape index (κ3) is 6.76. The Kier molecular flexibility index (Phi) is 8.21. The summed E-state index contributed by atoms with van der Waals surface area (Å²) in [6.07, 6.45) is 8.00. The molecule has 7 heteroatoms. The second-order valence-corrected chi connectivity index (χ2v) is 7.41. The second kappa shape index (κ2) is 9.38. The van der Waals surface area contributed by atoms with E-state index in [1.54, 1.807) is 7.05 Å². The van der Waals surface area contributed by atoms with E-state index in [0.29, 0.717) is 13.0 Å². The first-order valence-corrected chi connectivity index (χ1v) is 9.21. The maximum atomic E-state index is 12.2. The van der Waals surface area contributed by atoms with Gasteiger partial charge in [-0.25, -0.2) is 4.72 Å². The van der Waals surface area contributed by atoms with Gasteiger partial charge >= 0.3 is 5.97 Å². The van der Waals surface area contributed by atoms with Gasteiger partial charge in [-0.1, -0.05) is 25.7 Å². The molecule has 1 fully saturated rings. The van der Waals surface area contributed by atoms with Crippen LogP contribution in [0.4, 0.5) is 0 Å². The van der Waals surface area contributed by atoms with Gasteiger partial charge in [-0.3, -0.25) is 4.79 Å². The zero-order valence-corrected chi connectivity index (χ0v) is 14.0. The molecule has 1 aliphatic carbocycles. The van der Waals surface area contributed by atoms with E-state index in [0.717, 1.165) is 44.9 Å². The van der Waals surface area contributed by atoms with Crippen LogP contribution < -0.4 is 4.72 Å². The second-order valence-electron chi connectivity index (χ2n) is 5.59. The number of ether oxygens (including phenoxy) is 1. The van der Waals surface area contributed by atoms with Crippen molar-refractivity contribution in [1.29, 1.82) is 0 Å². The van der Waals surface area contributed by atoms with Gasteiger partial charge in [0.1, 0.15) is 0 Å². The lowest BCUT2D eigenvalue weighted by atomic mass is 9.96. The van der Waals surface area contributed by atoms with E-state index in [-0.39, 0.29) is 12.0 Å². The van der Waals surface area contributed by atoms with Crippen LogP contribution in [0.2, 0.25) is 0 Å². The number of hydrogen-bond donors (Lipinski definition) is 1. The SMILES string of the molecule is COC(=O)CCCCCNS(=O)(=O)N(C)C1CCCCC1. The molecule has 0 aromatic heterocycles. The van der Waals surface area contributed by atoms with Gasteiger partial charge in [0.2, 0.25) is 0 Å². The van der Waals surface area contributed by atoms with Crippen molar-refractivity contribution in [2.45, 2.75) is 63.8 Å². The summed E-state index contributed by atoms with van der Waals surface area (Å²) >= 11 is 0. The number of methoxy groups -OCH3 is 1. The Hall–Kier alpha value is -0.660. The number of hydrogen-bond acceptors (Lipinski definition) is 4. The Labute approximate surface area is 128 Å². The molecule has 1 saturated carbocycles. The molecular weight excluding hydrogens is 292 g/mol. The van der Waals surface area contributed by atoms with E-state index in [9.17, 15) is 13.2 Å². The van der Waals surface area contributed by atoms with Gasteiger partial charge in [0, 0.05) is 26.1 Å². The molecule has 124 valence electrons. The summed E-state index contributed by atoms with van der Waals surface area (Å²) in [5.41, 5.74) is 0. The van der Waals surface area contributed by atoms with Crippen molar-refractivity contribution in [2.75, 3.05) is 20.7 Å². The fraction of sp³-hybridized carbons (Fsp3) is 0.929. The molecule has 0 heterocycles. The molecule has 1 rings (SSSR count). The van der Waals surface area contributed by atoms with E-state index in [4.69, 9.17) is 0 Å². The minimum atomic E-state index is -3.38. The molecule has 1 N–H and O–H groups in total. The highest BCUT2D eigenvalue weighted by Gasteiger charge is 2.26. The zero-order chi connectivity index (χ0) is 15.7. The van der Waals surface area contributed by atoms with Gasteiger partial charge in [-0.15, -0.1) is 0 Å². The number of unbranched alkanes of at least 4 members (excludes halogenated alkanes) is 2. The maximum absolute atomic E-state index is 12.2. The Balaban J connectivity index is 2.21. The summed E-state index contributed by atoms with van der Waals surface area (Å²) in [6, 6.07) is 0.135. The van der Waals surface area contributed by atoms with Crippen LogP contribution in [-0.2, 0) is 19.7 Å². The minimum Gasteiger partial charge on any atom is -0.469 e. The molecule has 0 atom stereocenters. The largest absolute Gasteiger partial charge is 0.469 e. The number of esters is 1. The van der Waals surface area contributed by atoms with Gasteiger partial charge in [0.15, 0.2) is 0 Å². The van der Waals surface area contributed by atoms with Crippen molar-refractivity contribution < 1.29 is 17.9 Å². The van der Waals surface area contributed by atoms with Crippen LogP contribution in [0.1, 0.15) is 57.8 Å². The molecule has 0 amide bonds. The summed E-state index contributed by atoms with van der Waals surface area (Å²) < 4.78 is 33.0. The quantitative estimate of drug-likeness (QED) is 0.519. The molecule has 0 bridgehead atoms. The van der Waals surface area contributed by atoms with E-state index < -0.39 is 10.2 Å². The van der Waals surface area contributed by atoms with Crippen molar-refractivity contribution in [3.05, 3.63) is 0 Å². The van der Waals surface area contributed by atoms with E-state index >= 15 is 0 Å². The zero-order valence-electron chi connectivity index (χ0n) is 13.1. The van der Waals surface area contributed by atoms with Crippen LogP contribution in [0.5, 0.6) is 0 Å². The van der Waals surface area contributed by atoms with Gasteiger partial charge in [0.05, 0.1) is 7.11 Å². The Morgan fingerprint density at radius 3 is 2.48 bits per heavy atom. The molecule has 0 aromatic carbocycles. The first-order valence-electron chi connectivity index (χ1n) is 7.77. The molecule has 0 unspecified atom stereocenters. The first-order chi connectivity index (χ1) is 9.97. The van der Waals surface area contributed by atoms with Gasteiger partial charge in [-0.05, 0) is 25.7 Å². The summed E-state index contributed by atoms with van der Waals surface area (Å²) in [6.45, 7) is 0.417. The molecule has 0 aromatic rings. The summed E-state index contributed by atoms with van der Waals surface area (Å²) in [5.74, 6) is -0.215. The van der Waals surface area contributed by atoms with Crippen molar-refractivity contribution in [3.63, 3.8) is 0 Å². The average molecular weight is 320 g/mol. The third-order valence-corrected chi connectivity index (χ3v) is 5.66. The first kappa shape index (κ1) is 18.4. The van der Waals surface area contributed by atoms with Crippen LogP contribution >= 0.6 is 0 Å². The normalized spacial score (nSPS) is 17.1. The van der Waals surface area contributed by atoms with Gasteiger partial charge < -0.3 is 4.74 Å². The minimum absolute atomic E-state index is 0.135. The number of nitrogens with one attached hydrogen (secondary N) is 1. The smallest absolute Gasteiger partial charge is 0.305 e. The molecule has 0 radical (unpaired) electrons. The molecule has 0 saturated heterocycles. The van der Waals surface area contributed by atoms with E-state index in [2.05, 4.69) is 9.46 Å². The van der Waals surface area contributed by atoms with Crippen molar-refractivity contribution in [1.82, 2.24) is 9.03 Å². The van der Waals surface area contributed by atoms with Crippen LogP contribution in [0.25, 0.3) is 0 Å². The fourth-order valence-corrected chi connectivity index (χ4v) is 3.83. The van der Waals surface area contributed by atoms with Crippen LogP contribution in [-0.4, -0.2) is 45.4 Å². The van der Waals surface area contributed by atoms with Crippen molar-refractivity contribution in [2.24, 2.45) is 0 Å². The van der Waals surface area contributed by atoms with Crippen LogP contribution in [0.15, 0.2) is 0 Å². The lowest BCUT2D eigenvalue weighted by Crippen LogP contribution is -2.45. The summed E-state index contributed by atoms with van der Waals surface area (Å²) in [5, 5.41) is 0. The highest BCUT2D eigenvalue weighted by atomic mass is 32.2. The highest BCUT2D eigenvalue weighted by Crippen LogP contribution is 2.22. The molecule has 6 nitrogen and oxygen atoms in total. The molecular formula is C14H28N2O4S. The number of rotatable bonds is 9. The van der Waals surface area contributed by atoms with Crippen molar-refractivity contribution in [3.8, 4) is 0 Å². The molecule has 21 heavy (non-hydrogen) atoms. The summed E-state index contributed by atoms with van der Waals surface area (Å²) in [4.78, 5) is 10.9. The Morgan fingerprint density at radius 1 is 1.19 bits per heavy atom. The third-order valence-electron chi connectivity index (χ3n) is 4.04. The lowest BCUT2D eigenvalue weighted by molar-refractivity contribution is -0.140. The van der Waals surface area contributed by atoms with E-state index in [1.807, 2.05) is 0 Å².